The number of carbonyl (C=O) groups excluding carboxylic acids is 3. The van der Waals surface area contributed by atoms with Crippen molar-refractivity contribution in [2.45, 2.75) is 51.7 Å². The van der Waals surface area contributed by atoms with Crippen LogP contribution in [0.25, 0.3) is 0 Å². The Hall–Kier alpha value is -3.55. The molecule has 2 aromatic rings. The Labute approximate surface area is 201 Å². The monoisotopic (exact) mass is 468 g/mol. The highest BCUT2D eigenvalue weighted by atomic mass is 16.5. The van der Waals surface area contributed by atoms with Crippen molar-refractivity contribution < 1.29 is 19.1 Å². The Morgan fingerprint density at radius 3 is 2.00 bits per heavy atom. The molecule has 0 heterocycles. The highest BCUT2D eigenvalue weighted by molar-refractivity contribution is 5.85. The number of rotatable bonds is 14. The van der Waals surface area contributed by atoms with E-state index in [0.717, 1.165) is 36.8 Å². The molecule has 0 bridgehead atoms. The highest BCUT2D eigenvalue weighted by Gasteiger charge is 2.21. The molecule has 1 unspecified atom stereocenters. The second-order valence-corrected chi connectivity index (χ2v) is 7.98. The van der Waals surface area contributed by atoms with Crippen molar-refractivity contribution in [3.8, 4) is 0 Å². The fourth-order valence-electron chi connectivity index (χ4n) is 3.23. The van der Waals surface area contributed by atoms with Crippen LogP contribution in [0, 0.1) is 0 Å². The van der Waals surface area contributed by atoms with Crippen molar-refractivity contribution in [1.29, 1.82) is 0 Å². The summed E-state index contributed by atoms with van der Waals surface area (Å²) in [4.78, 5) is 36.6. The van der Waals surface area contributed by atoms with Crippen LogP contribution in [0.5, 0.6) is 0 Å². The van der Waals surface area contributed by atoms with Gasteiger partial charge in [-0.1, -0.05) is 67.6 Å². The number of ether oxygens (including phenoxy) is 1. The first-order valence-electron chi connectivity index (χ1n) is 11.9. The van der Waals surface area contributed by atoms with Gasteiger partial charge in [-0.15, -0.1) is 0 Å². The normalized spacial score (nSPS) is 11.2. The fourth-order valence-corrected chi connectivity index (χ4v) is 3.23. The van der Waals surface area contributed by atoms with Gasteiger partial charge in [0.2, 0.25) is 5.91 Å². The lowest BCUT2D eigenvalue weighted by atomic mass is 10.1. The Bertz CT molecular complexity index is 862. The summed E-state index contributed by atoms with van der Waals surface area (Å²) in [5.74, 6) is -0.252. The number of hydrogen-bond donors (Lipinski definition) is 4. The van der Waals surface area contributed by atoms with Crippen molar-refractivity contribution in [2.75, 3.05) is 19.6 Å². The minimum atomic E-state index is -0.741. The molecule has 4 N–H and O–H groups in total. The van der Waals surface area contributed by atoms with Crippen molar-refractivity contribution in [2.24, 2.45) is 0 Å². The first-order valence-corrected chi connectivity index (χ1v) is 11.9. The lowest BCUT2D eigenvalue weighted by Gasteiger charge is -2.18. The van der Waals surface area contributed by atoms with E-state index in [0.29, 0.717) is 26.1 Å². The van der Waals surface area contributed by atoms with Crippen LogP contribution in [0.1, 0.15) is 43.7 Å². The average molecular weight is 469 g/mol. The Balaban J connectivity index is 1.74. The summed E-state index contributed by atoms with van der Waals surface area (Å²) in [5, 5.41) is 11.2. The molecule has 0 saturated carbocycles. The van der Waals surface area contributed by atoms with E-state index >= 15 is 0 Å². The molecule has 0 saturated heterocycles. The third-order valence-electron chi connectivity index (χ3n) is 5.08. The summed E-state index contributed by atoms with van der Waals surface area (Å²) in [6.45, 7) is 3.89. The van der Waals surface area contributed by atoms with Crippen LogP contribution >= 0.6 is 0 Å². The van der Waals surface area contributed by atoms with Crippen LogP contribution < -0.4 is 21.3 Å². The molecule has 0 spiro atoms. The summed E-state index contributed by atoms with van der Waals surface area (Å²) in [6, 6.07) is 18.0. The van der Waals surface area contributed by atoms with Crippen LogP contribution in [0.4, 0.5) is 9.59 Å². The molecule has 4 amide bonds. The third-order valence-corrected chi connectivity index (χ3v) is 5.08. The molecule has 0 aliphatic carbocycles. The predicted octanol–water partition coefficient (Wildman–Crippen LogP) is 3.52. The van der Waals surface area contributed by atoms with Crippen molar-refractivity contribution in [1.82, 2.24) is 21.3 Å². The Morgan fingerprint density at radius 2 is 1.35 bits per heavy atom. The Morgan fingerprint density at radius 1 is 0.765 bits per heavy atom. The smallest absolute Gasteiger partial charge is 0.408 e. The number of amides is 4. The number of alkyl carbamates (subject to hydrolysis) is 1. The minimum absolute atomic E-state index is 0.136. The zero-order chi connectivity index (χ0) is 24.4. The zero-order valence-electron chi connectivity index (χ0n) is 19.8. The van der Waals surface area contributed by atoms with Gasteiger partial charge in [0.05, 0.1) is 0 Å². The first kappa shape index (κ1) is 26.7. The first-order chi connectivity index (χ1) is 16.6. The summed E-state index contributed by atoms with van der Waals surface area (Å²) >= 11 is 0. The fraction of sp³-hybridized carbons (Fsp3) is 0.423. The Kier molecular flexibility index (Phi) is 12.7. The van der Waals surface area contributed by atoms with E-state index < -0.39 is 12.1 Å². The van der Waals surface area contributed by atoms with E-state index in [1.54, 1.807) is 0 Å². The van der Waals surface area contributed by atoms with Crippen LogP contribution in [0.2, 0.25) is 0 Å². The molecular weight excluding hydrogens is 432 g/mol. The van der Waals surface area contributed by atoms with Crippen LogP contribution in [0.3, 0.4) is 0 Å². The lowest BCUT2D eigenvalue weighted by molar-refractivity contribution is -0.123. The zero-order valence-corrected chi connectivity index (χ0v) is 19.8. The minimum Gasteiger partial charge on any atom is -0.445 e. The summed E-state index contributed by atoms with van der Waals surface area (Å²) in [7, 11) is 0. The van der Waals surface area contributed by atoms with Crippen molar-refractivity contribution in [3.05, 3.63) is 71.8 Å². The number of benzene rings is 2. The van der Waals surface area contributed by atoms with Gasteiger partial charge in [-0.05, 0) is 36.8 Å². The van der Waals surface area contributed by atoms with Crippen LogP contribution in [0.15, 0.2) is 60.7 Å². The van der Waals surface area contributed by atoms with Crippen LogP contribution in [-0.4, -0.2) is 43.7 Å². The summed E-state index contributed by atoms with van der Waals surface area (Å²) in [5.41, 5.74) is 1.82. The van der Waals surface area contributed by atoms with Gasteiger partial charge in [-0.2, -0.15) is 0 Å². The highest BCUT2D eigenvalue weighted by Crippen LogP contribution is 2.06. The molecule has 0 aliphatic heterocycles. The van der Waals surface area contributed by atoms with Gasteiger partial charge >= 0.3 is 12.1 Å². The van der Waals surface area contributed by atoms with Gasteiger partial charge in [-0.3, -0.25) is 4.79 Å². The van der Waals surface area contributed by atoms with Gasteiger partial charge in [-0.25, -0.2) is 9.59 Å². The van der Waals surface area contributed by atoms with Crippen LogP contribution in [-0.2, 0) is 22.6 Å². The predicted molar refractivity (Wildman–Crippen MR) is 132 cm³/mol. The van der Waals surface area contributed by atoms with Gasteiger partial charge < -0.3 is 26.0 Å². The largest absolute Gasteiger partial charge is 0.445 e. The molecule has 0 aromatic heterocycles. The lowest BCUT2D eigenvalue weighted by Crippen LogP contribution is -2.48. The van der Waals surface area contributed by atoms with E-state index in [4.69, 9.17) is 4.74 Å². The second-order valence-electron chi connectivity index (χ2n) is 7.98. The molecule has 0 radical (unpaired) electrons. The summed E-state index contributed by atoms with van der Waals surface area (Å²) < 4.78 is 5.29. The maximum absolute atomic E-state index is 12.8. The SMILES string of the molecule is CCCNC(=O)NCCCCCNC(=O)C(Cc1ccccc1)NC(=O)OCc1ccccc1. The number of carbonyl (C=O) groups is 3. The third kappa shape index (κ3) is 11.4. The van der Waals surface area contributed by atoms with E-state index in [-0.39, 0.29) is 18.5 Å². The molecule has 0 fully saturated rings. The molecular formula is C26H36N4O4. The van der Waals surface area contributed by atoms with Gasteiger partial charge in [0, 0.05) is 26.1 Å². The number of unbranched alkanes of at least 4 members (excludes halogenated alkanes) is 2. The molecule has 8 nitrogen and oxygen atoms in total. The number of urea groups is 1. The molecule has 0 aliphatic rings. The van der Waals surface area contributed by atoms with E-state index in [1.165, 1.54) is 0 Å². The van der Waals surface area contributed by atoms with Gasteiger partial charge in [0.15, 0.2) is 0 Å². The van der Waals surface area contributed by atoms with E-state index in [2.05, 4.69) is 21.3 Å². The molecule has 2 rings (SSSR count). The van der Waals surface area contributed by atoms with Crippen molar-refractivity contribution >= 4 is 18.0 Å². The maximum Gasteiger partial charge on any atom is 0.408 e. The molecule has 1 atom stereocenters. The van der Waals surface area contributed by atoms with Crippen molar-refractivity contribution in [3.63, 3.8) is 0 Å². The molecule has 2 aromatic carbocycles. The quantitative estimate of drug-likeness (QED) is 0.318. The topological polar surface area (TPSA) is 109 Å². The average Bonchev–Trinajstić information content (AvgIpc) is 2.86. The van der Waals surface area contributed by atoms with Gasteiger partial charge in [0.1, 0.15) is 12.6 Å². The maximum atomic E-state index is 12.8. The number of hydrogen-bond acceptors (Lipinski definition) is 4. The molecule has 8 heteroatoms. The number of nitrogens with one attached hydrogen (secondary N) is 4. The summed E-state index contributed by atoms with van der Waals surface area (Å²) in [6.07, 6.45) is 3.10. The molecule has 34 heavy (non-hydrogen) atoms. The van der Waals surface area contributed by atoms with E-state index in [1.807, 2.05) is 67.6 Å². The van der Waals surface area contributed by atoms with Gasteiger partial charge in [0.25, 0.3) is 0 Å². The molecule has 184 valence electrons. The van der Waals surface area contributed by atoms with E-state index in [9.17, 15) is 14.4 Å². The standard InChI is InChI=1S/C26H36N4O4/c1-2-16-28-25(32)29-18-11-5-10-17-27-24(31)23(19-21-12-6-3-7-13-21)30-26(33)34-20-22-14-8-4-9-15-22/h3-4,6-9,12-15,23H,2,5,10-11,16-20H2,1H3,(H,27,31)(H,30,33)(H2,28,29,32). The second kappa shape index (κ2) is 16.1.